The van der Waals surface area contributed by atoms with Crippen molar-refractivity contribution in [3.63, 3.8) is 0 Å². The molecule has 54 valence electrons. The van der Waals surface area contributed by atoms with Gasteiger partial charge in [0.05, 0.1) is 7.11 Å². The van der Waals surface area contributed by atoms with Crippen LogP contribution >= 0.6 is 0 Å². The average Bonchev–Trinajstić information content (AvgIpc) is 1.98. The molecule has 0 rings (SSSR count). The predicted octanol–water partition coefficient (Wildman–Crippen LogP) is 0.471. The van der Waals surface area contributed by atoms with Gasteiger partial charge in [-0.2, -0.15) is 0 Å². The van der Waals surface area contributed by atoms with Gasteiger partial charge >= 0.3 is 5.97 Å². The highest BCUT2D eigenvalue weighted by Gasteiger charge is 1.85. The second-order valence-corrected chi connectivity index (χ2v) is 1.40. The zero-order valence-corrected chi connectivity index (χ0v) is 5.61. The molecule has 0 aliphatic carbocycles. The average molecular weight is 140 g/mol. The van der Waals surface area contributed by atoms with Crippen molar-refractivity contribution in [2.24, 2.45) is 0 Å². The molecule has 0 saturated carbocycles. The lowest BCUT2D eigenvalue weighted by Gasteiger charge is -1.85. The molecule has 10 heavy (non-hydrogen) atoms. The van der Waals surface area contributed by atoms with Crippen LogP contribution in [0.2, 0.25) is 0 Å². The van der Waals surface area contributed by atoms with Gasteiger partial charge in [0.1, 0.15) is 6.29 Å². The summed E-state index contributed by atoms with van der Waals surface area (Å²) in [5.41, 5.74) is 0. The van der Waals surface area contributed by atoms with Crippen molar-refractivity contribution in [1.29, 1.82) is 0 Å². The van der Waals surface area contributed by atoms with E-state index in [1.807, 2.05) is 0 Å². The normalized spacial score (nSPS) is 10.5. The Morgan fingerprint density at radius 2 is 2.00 bits per heavy atom. The van der Waals surface area contributed by atoms with Crippen molar-refractivity contribution in [3.8, 4) is 0 Å². The number of carbonyl (C=O) groups excluding carboxylic acids is 2. The molecule has 0 aliphatic heterocycles. The van der Waals surface area contributed by atoms with Gasteiger partial charge in [-0.05, 0) is 6.08 Å². The molecule has 3 heteroatoms. The van der Waals surface area contributed by atoms with Gasteiger partial charge in [-0.1, -0.05) is 12.2 Å². The highest BCUT2D eigenvalue weighted by atomic mass is 16.5. The number of rotatable bonds is 3. The molecule has 0 fully saturated rings. The third-order valence-electron chi connectivity index (χ3n) is 0.734. The van der Waals surface area contributed by atoms with E-state index in [1.54, 1.807) is 0 Å². The minimum atomic E-state index is -0.435. The summed E-state index contributed by atoms with van der Waals surface area (Å²) in [6.07, 6.45) is 6.01. The highest BCUT2D eigenvalue weighted by Crippen LogP contribution is 1.78. The van der Waals surface area contributed by atoms with Crippen LogP contribution in [0.15, 0.2) is 24.3 Å². The van der Waals surface area contributed by atoms with Crippen molar-refractivity contribution in [2.45, 2.75) is 0 Å². The Morgan fingerprint density at radius 1 is 1.30 bits per heavy atom. The molecule has 0 unspecified atom stereocenters. The highest BCUT2D eigenvalue weighted by molar-refractivity contribution is 5.82. The fourth-order valence-corrected chi connectivity index (χ4v) is 0.312. The maximum Gasteiger partial charge on any atom is 0.330 e. The molecule has 0 aromatic heterocycles. The van der Waals surface area contributed by atoms with Gasteiger partial charge in [-0.25, -0.2) is 4.79 Å². The summed E-state index contributed by atoms with van der Waals surface area (Å²) < 4.78 is 4.28. The van der Waals surface area contributed by atoms with Crippen LogP contribution in [0.3, 0.4) is 0 Å². The number of aldehydes is 1. The summed E-state index contributed by atoms with van der Waals surface area (Å²) in [7, 11) is 1.29. The Labute approximate surface area is 59.0 Å². The number of hydrogen-bond acceptors (Lipinski definition) is 3. The van der Waals surface area contributed by atoms with Crippen molar-refractivity contribution >= 4 is 12.3 Å². The van der Waals surface area contributed by atoms with Gasteiger partial charge < -0.3 is 4.74 Å². The van der Waals surface area contributed by atoms with E-state index in [-0.39, 0.29) is 0 Å². The molecule has 0 aromatic carbocycles. The third kappa shape index (κ3) is 4.77. The van der Waals surface area contributed by atoms with Crippen molar-refractivity contribution in [1.82, 2.24) is 0 Å². The minimum Gasteiger partial charge on any atom is -0.466 e. The summed E-state index contributed by atoms with van der Waals surface area (Å²) >= 11 is 0. The van der Waals surface area contributed by atoms with E-state index in [0.717, 1.165) is 0 Å². The van der Waals surface area contributed by atoms with Gasteiger partial charge in [0.15, 0.2) is 0 Å². The van der Waals surface area contributed by atoms with E-state index in [2.05, 4.69) is 4.74 Å². The fourth-order valence-electron chi connectivity index (χ4n) is 0.312. The quantitative estimate of drug-likeness (QED) is 0.248. The SMILES string of the molecule is COC(=O)/C=C\C=C/C=O. The van der Waals surface area contributed by atoms with Crippen LogP contribution in [0.1, 0.15) is 0 Å². The van der Waals surface area contributed by atoms with Crippen LogP contribution in [0.4, 0.5) is 0 Å². The maximum atomic E-state index is 10.3. The predicted molar refractivity (Wildman–Crippen MR) is 36.4 cm³/mol. The van der Waals surface area contributed by atoms with E-state index in [4.69, 9.17) is 0 Å². The minimum absolute atomic E-state index is 0.435. The topological polar surface area (TPSA) is 43.4 Å². The molecule has 0 N–H and O–H groups in total. The number of carbonyl (C=O) groups is 2. The summed E-state index contributed by atoms with van der Waals surface area (Å²) in [6, 6.07) is 0. The zero-order valence-electron chi connectivity index (χ0n) is 5.61. The number of esters is 1. The van der Waals surface area contributed by atoms with Crippen molar-refractivity contribution in [2.75, 3.05) is 7.11 Å². The second kappa shape index (κ2) is 5.75. The van der Waals surface area contributed by atoms with E-state index in [1.165, 1.54) is 31.4 Å². The first-order valence-electron chi connectivity index (χ1n) is 2.67. The van der Waals surface area contributed by atoms with Gasteiger partial charge in [-0.15, -0.1) is 0 Å². The lowest BCUT2D eigenvalue weighted by Crippen LogP contribution is -1.92. The zero-order chi connectivity index (χ0) is 7.82. The molecule has 3 nitrogen and oxygen atoms in total. The van der Waals surface area contributed by atoms with Crippen LogP contribution in [-0.4, -0.2) is 19.4 Å². The lowest BCUT2D eigenvalue weighted by molar-refractivity contribution is -0.134. The molecule has 0 atom stereocenters. The Bertz CT molecular complexity index is 168. The van der Waals surface area contributed by atoms with Crippen LogP contribution in [0.25, 0.3) is 0 Å². The van der Waals surface area contributed by atoms with Gasteiger partial charge in [0, 0.05) is 6.08 Å². The molecule has 0 heterocycles. The number of allylic oxidation sites excluding steroid dienone is 3. The third-order valence-corrected chi connectivity index (χ3v) is 0.734. The molecule has 0 spiro atoms. The first kappa shape index (κ1) is 8.62. The Hall–Kier alpha value is -1.38. The van der Waals surface area contributed by atoms with Gasteiger partial charge in [-0.3, -0.25) is 4.79 Å². The fraction of sp³-hybridized carbons (Fsp3) is 0.143. The van der Waals surface area contributed by atoms with Crippen LogP contribution in [-0.2, 0) is 14.3 Å². The monoisotopic (exact) mass is 140 g/mol. The molecular formula is C7H8O3. The lowest BCUT2D eigenvalue weighted by atomic mass is 10.4. The van der Waals surface area contributed by atoms with Crippen LogP contribution in [0.5, 0.6) is 0 Å². The van der Waals surface area contributed by atoms with E-state index < -0.39 is 5.97 Å². The number of methoxy groups -OCH3 is 1. The Balaban J connectivity index is 3.65. The van der Waals surface area contributed by atoms with Crippen molar-refractivity contribution < 1.29 is 14.3 Å². The maximum absolute atomic E-state index is 10.3. The largest absolute Gasteiger partial charge is 0.466 e. The Morgan fingerprint density at radius 3 is 2.50 bits per heavy atom. The summed E-state index contributed by atoms with van der Waals surface area (Å²) in [6.45, 7) is 0. The van der Waals surface area contributed by atoms with Crippen LogP contribution < -0.4 is 0 Å². The second-order valence-electron chi connectivity index (χ2n) is 1.40. The smallest absolute Gasteiger partial charge is 0.330 e. The summed E-state index contributed by atoms with van der Waals surface area (Å²) in [5, 5.41) is 0. The number of ether oxygens (including phenoxy) is 1. The molecule has 0 radical (unpaired) electrons. The van der Waals surface area contributed by atoms with Gasteiger partial charge in [0.25, 0.3) is 0 Å². The van der Waals surface area contributed by atoms with Crippen LogP contribution in [0, 0.1) is 0 Å². The summed E-state index contributed by atoms with van der Waals surface area (Å²) in [5.74, 6) is -0.435. The van der Waals surface area contributed by atoms with Crippen molar-refractivity contribution in [3.05, 3.63) is 24.3 Å². The Kier molecular flexibility index (Phi) is 4.96. The molecule has 0 aliphatic rings. The van der Waals surface area contributed by atoms with E-state index in [0.29, 0.717) is 6.29 Å². The number of hydrogen-bond donors (Lipinski definition) is 0. The molecular weight excluding hydrogens is 132 g/mol. The summed E-state index contributed by atoms with van der Waals surface area (Å²) in [4.78, 5) is 20.0. The molecule has 0 bridgehead atoms. The standard InChI is InChI=1S/C7H8O3/c1-10-7(9)5-3-2-4-6-8/h2-6H,1H3/b4-2-,5-3-. The molecule has 0 aromatic rings. The van der Waals surface area contributed by atoms with E-state index in [9.17, 15) is 9.59 Å². The van der Waals surface area contributed by atoms with E-state index >= 15 is 0 Å². The first-order chi connectivity index (χ1) is 4.81. The van der Waals surface area contributed by atoms with Gasteiger partial charge in [0.2, 0.25) is 0 Å². The molecule has 0 amide bonds. The first-order valence-corrected chi connectivity index (χ1v) is 2.67. The molecule has 0 saturated heterocycles.